The number of hydrogen-bond acceptors (Lipinski definition) is 5. The molecule has 0 atom stereocenters. The molecule has 3 aromatic rings. The maximum Gasteiger partial charge on any atom is 0.419 e. The minimum Gasteiger partial charge on any atom is -0.495 e. The second kappa shape index (κ2) is 7.84. The predicted molar refractivity (Wildman–Crippen MR) is 99.9 cm³/mol. The van der Waals surface area contributed by atoms with Crippen molar-refractivity contribution in [1.29, 1.82) is 0 Å². The van der Waals surface area contributed by atoms with Gasteiger partial charge in [-0.3, -0.25) is 4.90 Å². The molecule has 0 aliphatic heterocycles. The molecule has 0 aliphatic rings. The smallest absolute Gasteiger partial charge is 0.419 e. The van der Waals surface area contributed by atoms with Gasteiger partial charge in [-0.05, 0) is 35.9 Å². The summed E-state index contributed by atoms with van der Waals surface area (Å²) in [5, 5.41) is 0.492. The number of aromatic nitrogens is 2. The van der Waals surface area contributed by atoms with Crippen LogP contribution in [0.4, 0.5) is 10.5 Å². The number of benzene rings is 2. The number of amides is 1. The van der Waals surface area contributed by atoms with Gasteiger partial charge in [-0.25, -0.2) is 14.8 Å². The van der Waals surface area contributed by atoms with E-state index in [-0.39, 0.29) is 0 Å². The van der Waals surface area contributed by atoms with E-state index < -0.39 is 6.09 Å². The molecule has 6 nitrogen and oxygen atoms in total. The van der Waals surface area contributed by atoms with Gasteiger partial charge in [0.05, 0.1) is 12.8 Å². The van der Waals surface area contributed by atoms with E-state index in [0.29, 0.717) is 22.2 Å². The third-order valence-electron chi connectivity index (χ3n) is 3.71. The zero-order chi connectivity index (χ0) is 18.5. The van der Waals surface area contributed by atoms with Gasteiger partial charge in [-0.15, -0.1) is 0 Å². The fourth-order valence-electron chi connectivity index (χ4n) is 2.38. The van der Waals surface area contributed by atoms with Crippen molar-refractivity contribution in [2.75, 3.05) is 19.1 Å². The highest BCUT2D eigenvalue weighted by Gasteiger charge is 2.18. The summed E-state index contributed by atoms with van der Waals surface area (Å²) in [4.78, 5) is 21.8. The van der Waals surface area contributed by atoms with Crippen molar-refractivity contribution in [2.45, 2.75) is 0 Å². The Kier molecular flexibility index (Phi) is 5.34. The Morgan fingerprint density at radius 2 is 1.85 bits per heavy atom. The van der Waals surface area contributed by atoms with E-state index >= 15 is 0 Å². The lowest BCUT2D eigenvalue weighted by molar-refractivity contribution is 0.209. The monoisotopic (exact) mass is 369 g/mol. The fourth-order valence-corrected chi connectivity index (χ4v) is 2.55. The van der Waals surface area contributed by atoms with Crippen LogP contribution in [0.25, 0.3) is 11.1 Å². The van der Waals surface area contributed by atoms with Crippen molar-refractivity contribution in [1.82, 2.24) is 9.97 Å². The largest absolute Gasteiger partial charge is 0.495 e. The highest BCUT2D eigenvalue weighted by atomic mass is 35.5. The summed E-state index contributed by atoms with van der Waals surface area (Å²) in [6, 6.07) is 12.2. The molecule has 26 heavy (non-hydrogen) atoms. The van der Waals surface area contributed by atoms with Gasteiger partial charge < -0.3 is 9.47 Å². The van der Waals surface area contributed by atoms with Gasteiger partial charge in [0.2, 0.25) is 0 Å². The van der Waals surface area contributed by atoms with E-state index in [2.05, 4.69) is 9.97 Å². The molecule has 0 fully saturated rings. The van der Waals surface area contributed by atoms with E-state index in [1.54, 1.807) is 55.8 Å². The molecule has 2 aromatic carbocycles. The molecule has 132 valence electrons. The first-order valence-corrected chi connectivity index (χ1v) is 8.11. The van der Waals surface area contributed by atoms with Crippen LogP contribution >= 0.6 is 11.6 Å². The molecule has 1 amide bonds. The van der Waals surface area contributed by atoms with Crippen LogP contribution in [0.5, 0.6) is 11.5 Å². The number of halogens is 1. The molecule has 1 heterocycles. The summed E-state index contributed by atoms with van der Waals surface area (Å²) >= 11 is 6.03. The lowest BCUT2D eigenvalue weighted by atomic mass is 10.1. The molecule has 0 unspecified atom stereocenters. The van der Waals surface area contributed by atoms with Gasteiger partial charge >= 0.3 is 6.09 Å². The number of rotatable bonds is 4. The van der Waals surface area contributed by atoms with Crippen LogP contribution in [-0.4, -0.2) is 30.2 Å². The van der Waals surface area contributed by atoms with Gasteiger partial charge in [-0.2, -0.15) is 0 Å². The fraction of sp³-hybridized carbons (Fsp3) is 0.105. The predicted octanol–water partition coefficient (Wildman–Crippen LogP) is 4.44. The van der Waals surface area contributed by atoms with Crippen LogP contribution in [0.2, 0.25) is 5.02 Å². The van der Waals surface area contributed by atoms with Crippen LogP contribution in [0.1, 0.15) is 0 Å². The number of anilines is 1. The lowest BCUT2D eigenvalue weighted by Crippen LogP contribution is -2.29. The quantitative estimate of drug-likeness (QED) is 0.680. The Labute approximate surface area is 156 Å². The number of carbonyl (C=O) groups excluding carboxylic acids is 1. The summed E-state index contributed by atoms with van der Waals surface area (Å²) in [6.45, 7) is 0. The van der Waals surface area contributed by atoms with Crippen molar-refractivity contribution in [2.24, 2.45) is 0 Å². The SMILES string of the molecule is COc1ccc(Cl)cc1N(C)C(=O)Oc1cccc(-c2cncnc2)c1. The molecule has 0 spiro atoms. The van der Waals surface area contributed by atoms with Gasteiger partial charge in [0.25, 0.3) is 0 Å². The second-order valence-corrected chi connectivity index (χ2v) is 5.83. The average molecular weight is 370 g/mol. The van der Waals surface area contributed by atoms with E-state index in [0.717, 1.165) is 11.1 Å². The number of nitrogens with zero attached hydrogens (tertiary/aromatic N) is 3. The molecular weight excluding hydrogens is 354 g/mol. The Morgan fingerprint density at radius 3 is 2.58 bits per heavy atom. The first-order chi connectivity index (χ1) is 12.6. The van der Waals surface area contributed by atoms with Gasteiger partial charge in [0.15, 0.2) is 0 Å². The Balaban J connectivity index is 1.81. The van der Waals surface area contributed by atoms with E-state index in [1.807, 2.05) is 6.07 Å². The van der Waals surface area contributed by atoms with Gasteiger partial charge in [0.1, 0.15) is 17.8 Å². The third kappa shape index (κ3) is 3.92. The van der Waals surface area contributed by atoms with Crippen molar-refractivity contribution in [3.05, 3.63) is 66.2 Å². The molecule has 0 saturated carbocycles. The van der Waals surface area contributed by atoms with E-state index in [9.17, 15) is 4.79 Å². The summed E-state index contributed by atoms with van der Waals surface area (Å²) in [5.41, 5.74) is 2.19. The van der Waals surface area contributed by atoms with Crippen molar-refractivity contribution < 1.29 is 14.3 Å². The lowest BCUT2D eigenvalue weighted by Gasteiger charge is -2.19. The topological polar surface area (TPSA) is 64.5 Å². The van der Waals surface area contributed by atoms with E-state index in [4.69, 9.17) is 21.1 Å². The minimum absolute atomic E-state index is 0.407. The Morgan fingerprint density at radius 1 is 1.08 bits per heavy atom. The van der Waals surface area contributed by atoms with Crippen molar-refractivity contribution in [3.63, 3.8) is 0 Å². The molecule has 0 radical (unpaired) electrons. The van der Waals surface area contributed by atoms with Crippen LogP contribution in [0.3, 0.4) is 0 Å². The molecule has 0 saturated heterocycles. The molecule has 3 rings (SSSR count). The zero-order valence-electron chi connectivity index (χ0n) is 14.2. The van der Waals surface area contributed by atoms with Crippen LogP contribution in [0.15, 0.2) is 61.2 Å². The second-order valence-electron chi connectivity index (χ2n) is 5.40. The van der Waals surface area contributed by atoms with Gasteiger partial charge in [-0.1, -0.05) is 23.7 Å². The number of methoxy groups -OCH3 is 1. The first kappa shape index (κ1) is 17.7. The maximum absolute atomic E-state index is 12.5. The molecule has 0 bridgehead atoms. The molecule has 0 aliphatic carbocycles. The summed E-state index contributed by atoms with van der Waals surface area (Å²) in [5.74, 6) is 0.924. The summed E-state index contributed by atoms with van der Waals surface area (Å²) < 4.78 is 10.8. The van der Waals surface area contributed by atoms with Crippen LogP contribution < -0.4 is 14.4 Å². The summed E-state index contributed by atoms with van der Waals surface area (Å²) in [7, 11) is 3.11. The standard InChI is InChI=1S/C19H16ClN3O3/c1-23(17-9-15(20)6-7-18(17)25-2)19(24)26-16-5-3-4-13(8-16)14-10-21-12-22-11-14/h3-12H,1-2H3. The third-order valence-corrected chi connectivity index (χ3v) is 3.94. The van der Waals surface area contributed by atoms with Crippen molar-refractivity contribution in [3.8, 4) is 22.6 Å². The normalized spacial score (nSPS) is 10.3. The first-order valence-electron chi connectivity index (χ1n) is 7.73. The highest BCUT2D eigenvalue weighted by Crippen LogP contribution is 2.31. The Bertz CT molecular complexity index is 919. The molecule has 7 heteroatoms. The highest BCUT2D eigenvalue weighted by molar-refractivity contribution is 6.31. The zero-order valence-corrected chi connectivity index (χ0v) is 15.0. The molecular formula is C19H16ClN3O3. The van der Waals surface area contributed by atoms with Crippen LogP contribution in [0, 0.1) is 0 Å². The van der Waals surface area contributed by atoms with Crippen molar-refractivity contribution >= 4 is 23.4 Å². The molecule has 0 N–H and O–H groups in total. The number of ether oxygens (including phenoxy) is 2. The Hall–Kier alpha value is -3.12. The van der Waals surface area contributed by atoms with Gasteiger partial charge in [0, 0.05) is 30.0 Å². The average Bonchev–Trinajstić information content (AvgIpc) is 2.68. The molecule has 1 aromatic heterocycles. The maximum atomic E-state index is 12.5. The minimum atomic E-state index is -0.563. The number of hydrogen-bond donors (Lipinski definition) is 0. The summed E-state index contributed by atoms with van der Waals surface area (Å²) in [6.07, 6.45) is 4.28. The van der Waals surface area contributed by atoms with E-state index in [1.165, 1.54) is 18.3 Å². The number of carbonyl (C=O) groups is 1. The van der Waals surface area contributed by atoms with Crippen LogP contribution in [-0.2, 0) is 0 Å².